The molecule has 1 amide bonds. The third-order valence-electron chi connectivity index (χ3n) is 4.86. The number of amides is 1. The molecule has 1 heterocycles. The van der Waals surface area contributed by atoms with Gasteiger partial charge in [0.25, 0.3) is 0 Å². The molecule has 194 valence electrons. The summed E-state index contributed by atoms with van der Waals surface area (Å²) in [6.45, 7) is 1.15. The van der Waals surface area contributed by atoms with E-state index in [1.807, 2.05) is 38.0 Å². The van der Waals surface area contributed by atoms with Crippen LogP contribution in [0.15, 0.2) is 61.0 Å². The lowest BCUT2D eigenvalue weighted by Gasteiger charge is -2.15. The zero-order chi connectivity index (χ0) is 26.9. The minimum absolute atomic E-state index is 0.0412. The molecule has 37 heavy (non-hydrogen) atoms. The molecular formula is C26H28ClFN6O3. The van der Waals surface area contributed by atoms with Crippen LogP contribution in [-0.2, 0) is 9.59 Å². The zero-order valence-corrected chi connectivity index (χ0v) is 21.7. The summed E-state index contributed by atoms with van der Waals surface area (Å²) < 4.78 is 19.1. The Morgan fingerprint density at radius 1 is 1.00 bits per heavy atom. The Morgan fingerprint density at radius 3 is 2.38 bits per heavy atom. The number of fused-ring (bicyclic) bond motifs is 1. The number of hydrogen-bond acceptors (Lipinski definition) is 8. The number of carbonyl (C=O) groups is 2. The second-order valence-corrected chi connectivity index (χ2v) is 8.99. The molecule has 3 aromatic rings. The quantitative estimate of drug-likeness (QED) is 0.299. The molecule has 0 unspecified atom stereocenters. The Balaban J connectivity index is 1.98. The summed E-state index contributed by atoms with van der Waals surface area (Å²) in [5.74, 6) is -1.48. The molecule has 1 aromatic heterocycles. The molecule has 0 saturated carbocycles. The van der Waals surface area contributed by atoms with E-state index >= 15 is 0 Å². The summed E-state index contributed by atoms with van der Waals surface area (Å²) in [4.78, 5) is 37.1. The van der Waals surface area contributed by atoms with Crippen LogP contribution in [0.2, 0.25) is 5.02 Å². The van der Waals surface area contributed by atoms with Crippen LogP contribution in [-0.4, -0.2) is 72.9 Å². The Kier molecular flexibility index (Phi) is 9.67. The average molecular weight is 527 g/mol. The van der Waals surface area contributed by atoms with Gasteiger partial charge in [-0.3, -0.25) is 4.79 Å². The third kappa shape index (κ3) is 8.35. The van der Waals surface area contributed by atoms with Gasteiger partial charge in [0.2, 0.25) is 11.8 Å². The number of anilines is 3. The minimum atomic E-state index is -0.595. The summed E-state index contributed by atoms with van der Waals surface area (Å²) in [6, 6.07) is 7.44. The van der Waals surface area contributed by atoms with Crippen LogP contribution in [0.3, 0.4) is 0 Å². The highest BCUT2D eigenvalue weighted by Crippen LogP contribution is 2.34. The van der Waals surface area contributed by atoms with Crippen molar-refractivity contribution in [2.24, 2.45) is 0 Å². The van der Waals surface area contributed by atoms with Gasteiger partial charge in [-0.25, -0.2) is 19.2 Å². The Labute approximate surface area is 219 Å². The minimum Gasteiger partial charge on any atom is -0.403 e. The summed E-state index contributed by atoms with van der Waals surface area (Å²) in [7, 11) is 7.54. The number of nitrogens with one attached hydrogen (secondary N) is 2. The number of aromatic nitrogens is 2. The largest absolute Gasteiger partial charge is 0.403 e. The molecule has 0 aliphatic carbocycles. The lowest BCUT2D eigenvalue weighted by molar-refractivity contribution is -0.129. The van der Waals surface area contributed by atoms with Crippen molar-refractivity contribution in [1.29, 1.82) is 0 Å². The van der Waals surface area contributed by atoms with Gasteiger partial charge in [0.1, 0.15) is 12.1 Å². The maximum absolute atomic E-state index is 13.6. The summed E-state index contributed by atoms with van der Waals surface area (Å²) in [5, 5.41) is 6.31. The van der Waals surface area contributed by atoms with Crippen molar-refractivity contribution in [2.45, 2.75) is 0 Å². The fraction of sp³-hybridized carbons (Fsp3) is 0.231. The van der Waals surface area contributed by atoms with E-state index in [9.17, 15) is 14.0 Å². The van der Waals surface area contributed by atoms with Gasteiger partial charge in [0.05, 0.1) is 27.3 Å². The molecule has 0 aliphatic rings. The molecule has 11 heteroatoms. The normalized spacial score (nSPS) is 11.7. The lowest BCUT2D eigenvalue weighted by Crippen LogP contribution is -2.14. The Hall–Kier alpha value is -3.86. The zero-order valence-electron chi connectivity index (χ0n) is 21.0. The number of rotatable bonds is 10. The molecule has 2 aromatic carbocycles. The van der Waals surface area contributed by atoms with E-state index in [0.29, 0.717) is 41.1 Å². The summed E-state index contributed by atoms with van der Waals surface area (Å²) in [5.41, 5.74) is 1.78. The van der Waals surface area contributed by atoms with E-state index in [2.05, 4.69) is 20.6 Å². The number of ether oxygens (including phenoxy) is 1. The smallest absolute Gasteiger partial charge is 0.337 e. The Bertz CT molecular complexity index is 1340. The van der Waals surface area contributed by atoms with Gasteiger partial charge in [0, 0.05) is 30.9 Å². The predicted octanol–water partition coefficient (Wildman–Crippen LogP) is 4.25. The second kappa shape index (κ2) is 12.9. The van der Waals surface area contributed by atoms with E-state index in [-0.39, 0.29) is 16.8 Å². The molecule has 0 aliphatic heterocycles. The van der Waals surface area contributed by atoms with Crippen LogP contribution in [0.1, 0.15) is 0 Å². The first-order valence-corrected chi connectivity index (χ1v) is 11.7. The molecule has 3 rings (SSSR count). The molecule has 0 bridgehead atoms. The fourth-order valence-electron chi connectivity index (χ4n) is 3.13. The number of carbonyl (C=O) groups excluding carboxylic acids is 2. The number of hydrogen-bond donors (Lipinski definition) is 2. The third-order valence-corrected chi connectivity index (χ3v) is 5.15. The number of nitrogens with zero attached hydrogens (tertiary/aromatic N) is 4. The molecule has 0 spiro atoms. The SMILES string of the molecule is CN(C)C/C=C/C(=O)Nc1cc2c(OC(=O)/C=C/CN(C)C)ncnc2cc1Nc1ccc(F)c(Cl)c1. The van der Waals surface area contributed by atoms with Gasteiger partial charge in [-0.15, -0.1) is 0 Å². The molecule has 0 atom stereocenters. The van der Waals surface area contributed by atoms with Crippen molar-refractivity contribution in [2.75, 3.05) is 51.9 Å². The predicted molar refractivity (Wildman–Crippen MR) is 144 cm³/mol. The maximum Gasteiger partial charge on any atom is 0.337 e. The Morgan fingerprint density at radius 2 is 1.70 bits per heavy atom. The number of halogens is 2. The van der Waals surface area contributed by atoms with Crippen LogP contribution >= 0.6 is 11.6 Å². The van der Waals surface area contributed by atoms with Crippen LogP contribution in [0.5, 0.6) is 5.88 Å². The van der Waals surface area contributed by atoms with Crippen molar-refractivity contribution in [3.63, 3.8) is 0 Å². The molecule has 0 radical (unpaired) electrons. The van der Waals surface area contributed by atoms with Crippen molar-refractivity contribution in [1.82, 2.24) is 19.8 Å². The van der Waals surface area contributed by atoms with Crippen LogP contribution in [0, 0.1) is 5.82 Å². The monoisotopic (exact) mass is 526 g/mol. The van der Waals surface area contributed by atoms with Crippen molar-refractivity contribution >= 4 is 51.4 Å². The molecule has 0 saturated heterocycles. The van der Waals surface area contributed by atoms with E-state index in [1.54, 1.807) is 24.3 Å². The maximum atomic E-state index is 13.6. The first kappa shape index (κ1) is 27.7. The number of esters is 1. The van der Waals surface area contributed by atoms with Gasteiger partial charge in [-0.05, 0) is 58.5 Å². The number of benzene rings is 2. The van der Waals surface area contributed by atoms with Crippen LogP contribution < -0.4 is 15.4 Å². The summed E-state index contributed by atoms with van der Waals surface area (Å²) >= 11 is 5.93. The number of likely N-dealkylation sites (N-methyl/N-ethyl adjacent to an activating group) is 2. The molecular weight excluding hydrogens is 499 g/mol. The van der Waals surface area contributed by atoms with Gasteiger partial charge in [-0.2, -0.15) is 0 Å². The van der Waals surface area contributed by atoms with Gasteiger partial charge < -0.3 is 25.2 Å². The van der Waals surface area contributed by atoms with Gasteiger partial charge in [-0.1, -0.05) is 23.8 Å². The van der Waals surface area contributed by atoms with Gasteiger partial charge in [0.15, 0.2) is 0 Å². The topological polar surface area (TPSA) is 99.7 Å². The highest BCUT2D eigenvalue weighted by molar-refractivity contribution is 6.31. The summed E-state index contributed by atoms with van der Waals surface area (Å²) in [6.07, 6.45) is 7.41. The highest BCUT2D eigenvalue weighted by Gasteiger charge is 2.15. The fourth-order valence-corrected chi connectivity index (χ4v) is 3.31. The van der Waals surface area contributed by atoms with E-state index < -0.39 is 11.8 Å². The van der Waals surface area contributed by atoms with E-state index in [1.165, 1.54) is 36.7 Å². The molecule has 2 N–H and O–H groups in total. The van der Waals surface area contributed by atoms with E-state index in [0.717, 1.165) is 0 Å². The molecule has 0 fully saturated rings. The van der Waals surface area contributed by atoms with Crippen LogP contribution in [0.4, 0.5) is 21.5 Å². The lowest BCUT2D eigenvalue weighted by atomic mass is 10.1. The second-order valence-electron chi connectivity index (χ2n) is 8.59. The van der Waals surface area contributed by atoms with Crippen LogP contribution in [0.25, 0.3) is 10.9 Å². The first-order chi connectivity index (χ1) is 17.6. The van der Waals surface area contributed by atoms with Crippen molar-refractivity contribution in [3.05, 3.63) is 71.8 Å². The highest BCUT2D eigenvalue weighted by atomic mass is 35.5. The van der Waals surface area contributed by atoms with Crippen molar-refractivity contribution < 1.29 is 18.7 Å². The standard InChI is InChI=1S/C26H28ClFN6O3/c1-33(2)11-5-7-24(35)32-22-14-18-21(15-23(22)31-17-9-10-20(28)19(27)13-17)29-16-30-26(18)37-25(36)8-6-12-34(3)4/h5-10,13-16,31H,11-12H2,1-4H3,(H,32,35)/b7-5+,8-6+. The molecule has 9 nitrogen and oxygen atoms in total. The van der Waals surface area contributed by atoms with E-state index in [4.69, 9.17) is 16.3 Å². The van der Waals surface area contributed by atoms with Crippen molar-refractivity contribution in [3.8, 4) is 5.88 Å². The average Bonchev–Trinajstić information content (AvgIpc) is 2.81. The van der Waals surface area contributed by atoms with Gasteiger partial charge >= 0.3 is 5.97 Å². The first-order valence-electron chi connectivity index (χ1n) is 11.3.